The summed E-state index contributed by atoms with van der Waals surface area (Å²) < 4.78 is 5.19. The first-order valence-electron chi connectivity index (χ1n) is 5.91. The van der Waals surface area contributed by atoms with Gasteiger partial charge in [-0.2, -0.15) is 0 Å². The van der Waals surface area contributed by atoms with Crippen molar-refractivity contribution >= 4 is 28.7 Å². The van der Waals surface area contributed by atoms with E-state index in [1.165, 1.54) is 18.7 Å². The number of carbonyl (C=O) groups is 2. The molecule has 1 amide bonds. The maximum atomic E-state index is 11.9. The first-order chi connectivity index (χ1) is 8.47. The van der Waals surface area contributed by atoms with E-state index in [-0.39, 0.29) is 22.2 Å². The van der Waals surface area contributed by atoms with Crippen molar-refractivity contribution in [3.8, 4) is 0 Å². The fraction of sp³-hybridized carbons (Fsp3) is 0.583. The molecule has 1 atom stereocenters. The van der Waals surface area contributed by atoms with Crippen molar-refractivity contribution in [2.45, 2.75) is 38.4 Å². The van der Waals surface area contributed by atoms with Crippen LogP contribution in [0, 0.1) is 0 Å². The fourth-order valence-corrected chi connectivity index (χ4v) is 2.80. The van der Waals surface area contributed by atoms with Crippen molar-refractivity contribution in [1.29, 1.82) is 0 Å². The highest BCUT2D eigenvalue weighted by Crippen LogP contribution is 2.30. The van der Waals surface area contributed by atoms with E-state index < -0.39 is 0 Å². The molecule has 0 spiro atoms. The van der Waals surface area contributed by atoms with Crippen LogP contribution in [0.4, 0.5) is 5.88 Å². The quantitative estimate of drug-likeness (QED) is 0.840. The van der Waals surface area contributed by atoms with Gasteiger partial charge < -0.3 is 4.52 Å². The van der Waals surface area contributed by atoms with Crippen LogP contribution in [-0.4, -0.2) is 28.0 Å². The third-order valence-corrected chi connectivity index (χ3v) is 3.78. The van der Waals surface area contributed by atoms with Crippen LogP contribution in [0.2, 0.25) is 0 Å². The van der Waals surface area contributed by atoms with Crippen LogP contribution < -0.4 is 4.90 Å². The number of hydrogen-bond acceptors (Lipinski definition) is 5. The molecule has 1 aromatic rings. The van der Waals surface area contributed by atoms with E-state index in [1.54, 1.807) is 11.0 Å². The summed E-state index contributed by atoms with van der Waals surface area (Å²) in [7, 11) is 0. The molecule has 2 heterocycles. The van der Waals surface area contributed by atoms with E-state index >= 15 is 0 Å². The van der Waals surface area contributed by atoms with Gasteiger partial charge in [0, 0.05) is 31.2 Å². The lowest BCUT2D eigenvalue weighted by Crippen LogP contribution is -2.24. The molecular formula is C12H16N2O3S. The Hall–Kier alpha value is -1.30. The summed E-state index contributed by atoms with van der Waals surface area (Å²) in [5, 5.41) is 3.99. The minimum absolute atomic E-state index is 0.0137. The van der Waals surface area contributed by atoms with Crippen LogP contribution >= 0.6 is 11.8 Å². The maximum absolute atomic E-state index is 11.9. The molecule has 1 aromatic heterocycles. The number of rotatable bonds is 3. The zero-order valence-corrected chi connectivity index (χ0v) is 11.5. The molecule has 1 unspecified atom stereocenters. The number of anilines is 1. The molecule has 1 fully saturated rings. The van der Waals surface area contributed by atoms with Gasteiger partial charge in [0.05, 0.1) is 5.69 Å². The van der Waals surface area contributed by atoms with Gasteiger partial charge in [0.25, 0.3) is 0 Å². The van der Waals surface area contributed by atoms with Gasteiger partial charge >= 0.3 is 0 Å². The third-order valence-electron chi connectivity index (χ3n) is 2.80. The van der Waals surface area contributed by atoms with Gasteiger partial charge in [-0.15, -0.1) is 0 Å². The van der Waals surface area contributed by atoms with Gasteiger partial charge in [-0.05, 0) is 5.92 Å². The molecule has 1 aliphatic heterocycles. The van der Waals surface area contributed by atoms with Crippen LogP contribution in [0.3, 0.4) is 0 Å². The smallest absolute Gasteiger partial charge is 0.234 e. The molecule has 0 radical (unpaired) electrons. The molecular weight excluding hydrogens is 252 g/mol. The lowest BCUT2D eigenvalue weighted by molar-refractivity contribution is -0.117. The minimum Gasteiger partial charge on any atom is -0.338 e. The van der Waals surface area contributed by atoms with E-state index in [1.807, 2.05) is 13.8 Å². The highest BCUT2D eigenvalue weighted by atomic mass is 32.2. The molecule has 6 heteroatoms. The molecule has 0 bridgehead atoms. The number of nitrogens with zero attached hydrogens (tertiary/aromatic N) is 2. The monoisotopic (exact) mass is 268 g/mol. The number of thioether (sulfide) groups is 1. The topological polar surface area (TPSA) is 63.4 Å². The molecule has 1 aliphatic rings. The second kappa shape index (κ2) is 5.14. The summed E-state index contributed by atoms with van der Waals surface area (Å²) in [6.45, 7) is 6.06. The normalized spacial score (nSPS) is 19.9. The Balaban J connectivity index is 2.09. The predicted molar refractivity (Wildman–Crippen MR) is 69.6 cm³/mol. The molecule has 5 nitrogen and oxygen atoms in total. The first kappa shape index (κ1) is 13.1. The third kappa shape index (κ3) is 2.75. The zero-order chi connectivity index (χ0) is 13.3. The standard InChI is InChI=1S/C12H16N2O3S/c1-7(2)10-5-12(17-13-10)14-6-9(4-11(14)16)18-8(3)15/h5,7,9H,4,6H2,1-3H3. The Kier molecular flexibility index (Phi) is 3.75. The van der Waals surface area contributed by atoms with Gasteiger partial charge in [0.1, 0.15) is 0 Å². The summed E-state index contributed by atoms with van der Waals surface area (Å²) in [4.78, 5) is 24.5. The molecule has 0 aromatic carbocycles. The highest BCUT2D eigenvalue weighted by Gasteiger charge is 2.34. The average Bonchev–Trinajstić information content (AvgIpc) is 2.83. The molecule has 1 saturated heterocycles. The van der Waals surface area contributed by atoms with Crippen LogP contribution in [0.15, 0.2) is 10.6 Å². The molecule has 0 aliphatic carbocycles. The summed E-state index contributed by atoms with van der Waals surface area (Å²) >= 11 is 1.21. The number of amides is 1. The van der Waals surface area contributed by atoms with E-state index in [4.69, 9.17) is 4.52 Å². The summed E-state index contributed by atoms with van der Waals surface area (Å²) in [5.74, 6) is 0.734. The minimum atomic E-state index is -0.0137. The van der Waals surface area contributed by atoms with Gasteiger partial charge in [0.15, 0.2) is 5.12 Å². The Morgan fingerprint density at radius 3 is 2.89 bits per heavy atom. The lowest BCUT2D eigenvalue weighted by atomic mass is 10.1. The van der Waals surface area contributed by atoms with Gasteiger partial charge in [-0.1, -0.05) is 30.8 Å². The SMILES string of the molecule is CC(=O)SC1CC(=O)N(c2cc(C(C)C)no2)C1. The van der Waals surface area contributed by atoms with Crippen LogP contribution in [-0.2, 0) is 9.59 Å². The Labute approximate surface area is 110 Å². The average molecular weight is 268 g/mol. The van der Waals surface area contributed by atoms with Crippen molar-refractivity contribution < 1.29 is 14.1 Å². The van der Waals surface area contributed by atoms with Crippen molar-refractivity contribution in [3.63, 3.8) is 0 Å². The van der Waals surface area contributed by atoms with E-state index in [9.17, 15) is 9.59 Å². The fourth-order valence-electron chi connectivity index (χ4n) is 1.88. The molecule has 0 N–H and O–H groups in total. The van der Waals surface area contributed by atoms with E-state index in [2.05, 4.69) is 5.16 Å². The van der Waals surface area contributed by atoms with Gasteiger partial charge in [-0.25, -0.2) is 0 Å². The Morgan fingerprint density at radius 2 is 2.33 bits per heavy atom. The Morgan fingerprint density at radius 1 is 1.61 bits per heavy atom. The number of aromatic nitrogens is 1. The van der Waals surface area contributed by atoms with Gasteiger partial charge in [-0.3, -0.25) is 14.5 Å². The van der Waals surface area contributed by atoms with E-state index in [0.717, 1.165) is 5.69 Å². The lowest BCUT2D eigenvalue weighted by Gasteiger charge is -2.11. The van der Waals surface area contributed by atoms with Crippen molar-refractivity contribution in [1.82, 2.24) is 5.16 Å². The number of carbonyl (C=O) groups excluding carboxylic acids is 2. The first-order valence-corrected chi connectivity index (χ1v) is 6.79. The van der Waals surface area contributed by atoms with Crippen molar-refractivity contribution in [3.05, 3.63) is 11.8 Å². The molecule has 18 heavy (non-hydrogen) atoms. The second-order valence-electron chi connectivity index (χ2n) is 4.68. The highest BCUT2D eigenvalue weighted by molar-refractivity contribution is 8.14. The predicted octanol–water partition coefficient (Wildman–Crippen LogP) is 2.18. The summed E-state index contributed by atoms with van der Waals surface area (Å²) in [6.07, 6.45) is 0.377. The number of hydrogen-bond donors (Lipinski definition) is 0. The van der Waals surface area contributed by atoms with Crippen molar-refractivity contribution in [2.75, 3.05) is 11.4 Å². The molecule has 2 rings (SSSR count). The van der Waals surface area contributed by atoms with E-state index in [0.29, 0.717) is 18.8 Å². The van der Waals surface area contributed by atoms with Crippen LogP contribution in [0.1, 0.15) is 38.8 Å². The molecule has 0 saturated carbocycles. The van der Waals surface area contributed by atoms with Crippen molar-refractivity contribution in [2.24, 2.45) is 0 Å². The molecule has 98 valence electrons. The van der Waals surface area contributed by atoms with Crippen LogP contribution in [0.5, 0.6) is 0 Å². The zero-order valence-electron chi connectivity index (χ0n) is 10.7. The van der Waals surface area contributed by atoms with Crippen LogP contribution in [0.25, 0.3) is 0 Å². The summed E-state index contributed by atoms with van der Waals surface area (Å²) in [6, 6.07) is 1.80. The second-order valence-corrected chi connectivity index (χ2v) is 6.16. The summed E-state index contributed by atoms with van der Waals surface area (Å²) in [5.41, 5.74) is 0.834. The largest absolute Gasteiger partial charge is 0.338 e. The maximum Gasteiger partial charge on any atom is 0.234 e. The Bertz CT molecular complexity index is 470. The van der Waals surface area contributed by atoms with Gasteiger partial charge in [0.2, 0.25) is 11.8 Å².